The summed E-state index contributed by atoms with van der Waals surface area (Å²) in [6.45, 7) is 10.4. The van der Waals surface area contributed by atoms with Gasteiger partial charge in [0.1, 0.15) is 6.10 Å². The van der Waals surface area contributed by atoms with E-state index in [0.29, 0.717) is 11.8 Å². The van der Waals surface area contributed by atoms with Gasteiger partial charge in [0.2, 0.25) is 0 Å². The Hall–Kier alpha value is -1.31. The Morgan fingerprint density at radius 1 is 1.17 bits per heavy atom. The minimum atomic E-state index is -0.113. The smallest absolute Gasteiger partial charge is 0.334 e. The third-order valence-electron chi connectivity index (χ3n) is 4.92. The molecule has 3 aliphatic rings. The van der Waals surface area contributed by atoms with Crippen LogP contribution in [0.15, 0.2) is 36.0 Å². The highest BCUT2D eigenvalue weighted by Gasteiger charge is 2.50. The predicted molar refractivity (Wildman–Crippen MR) is 70.9 cm³/mol. The molecule has 3 fully saturated rings. The zero-order chi connectivity index (χ0) is 12.9. The number of ether oxygens (including phenoxy) is 1. The molecule has 96 valence electrons. The first-order valence-electron chi connectivity index (χ1n) is 6.86. The van der Waals surface area contributed by atoms with E-state index in [1.54, 1.807) is 0 Å². The fourth-order valence-corrected chi connectivity index (χ4v) is 3.99. The lowest BCUT2D eigenvalue weighted by atomic mass is 9.81. The van der Waals surface area contributed by atoms with Crippen LogP contribution in [0.3, 0.4) is 0 Å². The van der Waals surface area contributed by atoms with Crippen molar-refractivity contribution >= 4 is 5.97 Å². The maximum Gasteiger partial charge on any atom is 0.334 e. The molecular weight excluding hydrogens is 224 g/mol. The zero-order valence-electron chi connectivity index (χ0n) is 10.9. The van der Waals surface area contributed by atoms with Gasteiger partial charge >= 0.3 is 5.97 Å². The summed E-state index contributed by atoms with van der Waals surface area (Å²) in [6.07, 6.45) is 6.14. The van der Waals surface area contributed by atoms with Crippen LogP contribution >= 0.6 is 0 Å². The molecule has 0 unspecified atom stereocenters. The summed E-state index contributed by atoms with van der Waals surface area (Å²) in [6, 6.07) is 0. The third kappa shape index (κ3) is 1.51. The van der Waals surface area contributed by atoms with E-state index in [9.17, 15) is 4.79 Å². The summed E-state index contributed by atoms with van der Waals surface area (Å²) < 4.78 is 5.67. The molecule has 0 amide bonds. The van der Waals surface area contributed by atoms with Gasteiger partial charge < -0.3 is 4.74 Å². The lowest BCUT2D eigenvalue weighted by molar-refractivity contribution is -0.141. The summed E-state index contributed by atoms with van der Waals surface area (Å²) in [4.78, 5) is 11.9. The van der Waals surface area contributed by atoms with Gasteiger partial charge in [-0.2, -0.15) is 0 Å². The number of fused-ring (bicyclic) bond motifs is 3. The van der Waals surface area contributed by atoms with Crippen LogP contribution in [0, 0.1) is 17.8 Å². The van der Waals surface area contributed by atoms with Gasteiger partial charge in [-0.05, 0) is 38.5 Å². The minimum absolute atomic E-state index is 0.0166. The molecule has 0 radical (unpaired) electrons. The number of carbonyl (C=O) groups is 1. The molecule has 18 heavy (non-hydrogen) atoms. The van der Waals surface area contributed by atoms with Gasteiger partial charge in [0.05, 0.1) is 0 Å². The van der Waals surface area contributed by atoms with Crippen molar-refractivity contribution in [3.8, 4) is 0 Å². The monoisotopic (exact) mass is 244 g/mol. The van der Waals surface area contributed by atoms with E-state index < -0.39 is 0 Å². The molecule has 1 saturated heterocycles. The molecule has 0 bridgehead atoms. The Balaban J connectivity index is 2.01. The summed E-state index contributed by atoms with van der Waals surface area (Å²) in [5.41, 5.74) is 3.45. The highest BCUT2D eigenvalue weighted by atomic mass is 16.6. The SMILES string of the molecule is C=C1CC[C@H]2C(=C)CC[C@H]3/C(=C/C)C(=O)O[C@@H]3[C@@H]12. The van der Waals surface area contributed by atoms with Crippen LogP contribution in [0.4, 0.5) is 0 Å². The number of hydrogen-bond acceptors (Lipinski definition) is 2. The molecule has 3 rings (SSSR count). The Morgan fingerprint density at radius 2 is 1.83 bits per heavy atom. The van der Waals surface area contributed by atoms with Crippen LogP contribution in [0.2, 0.25) is 0 Å². The molecule has 2 nitrogen and oxygen atoms in total. The van der Waals surface area contributed by atoms with Crippen molar-refractivity contribution in [1.82, 2.24) is 0 Å². The van der Waals surface area contributed by atoms with Gasteiger partial charge in [-0.1, -0.05) is 30.4 Å². The van der Waals surface area contributed by atoms with E-state index in [1.165, 1.54) is 11.1 Å². The standard InChI is InChI=1S/C16H20O2/c1-4-11-13-8-5-9(2)12-7-6-10(3)14(12)15(13)18-16(11)17/h4,12-15H,2-3,5-8H2,1H3/b11-4-/t12-,13-,14-,15-/m0/s1. The molecule has 2 saturated carbocycles. The van der Waals surface area contributed by atoms with Crippen LogP contribution in [0.5, 0.6) is 0 Å². The molecular formula is C16H20O2. The largest absolute Gasteiger partial charge is 0.458 e. The minimum Gasteiger partial charge on any atom is -0.458 e. The molecule has 0 aromatic heterocycles. The summed E-state index contributed by atoms with van der Waals surface area (Å²) >= 11 is 0. The second-order valence-corrected chi connectivity index (χ2v) is 5.75. The Morgan fingerprint density at radius 3 is 2.56 bits per heavy atom. The van der Waals surface area contributed by atoms with Crippen molar-refractivity contribution in [2.24, 2.45) is 17.8 Å². The van der Waals surface area contributed by atoms with Gasteiger partial charge in [-0.3, -0.25) is 0 Å². The molecule has 2 heteroatoms. The number of hydrogen-bond donors (Lipinski definition) is 0. The van der Waals surface area contributed by atoms with E-state index in [1.807, 2.05) is 13.0 Å². The number of esters is 1. The lowest BCUT2D eigenvalue weighted by Crippen LogP contribution is -2.28. The normalized spacial score (nSPS) is 41.6. The number of rotatable bonds is 0. The average Bonchev–Trinajstić information content (AvgIpc) is 2.82. The van der Waals surface area contributed by atoms with Crippen LogP contribution in [0.1, 0.15) is 32.6 Å². The molecule has 0 aromatic carbocycles. The van der Waals surface area contributed by atoms with E-state index in [4.69, 9.17) is 4.74 Å². The highest BCUT2D eigenvalue weighted by molar-refractivity contribution is 5.91. The summed E-state index contributed by atoms with van der Waals surface area (Å²) in [7, 11) is 0. The number of carbonyl (C=O) groups excluding carboxylic acids is 1. The first-order valence-corrected chi connectivity index (χ1v) is 6.86. The predicted octanol–water partition coefficient (Wildman–Crippen LogP) is 3.41. The molecule has 1 heterocycles. The maximum absolute atomic E-state index is 11.9. The van der Waals surface area contributed by atoms with E-state index in [-0.39, 0.29) is 18.0 Å². The van der Waals surface area contributed by atoms with Gasteiger partial charge in [-0.25, -0.2) is 4.79 Å². The number of allylic oxidation sites excluding steroid dienone is 2. The van der Waals surface area contributed by atoms with Crippen molar-refractivity contribution in [3.63, 3.8) is 0 Å². The van der Waals surface area contributed by atoms with Crippen molar-refractivity contribution < 1.29 is 9.53 Å². The Labute approximate surface area is 108 Å². The fraction of sp³-hybridized carbons (Fsp3) is 0.562. The van der Waals surface area contributed by atoms with Gasteiger partial charge in [0, 0.05) is 17.4 Å². The van der Waals surface area contributed by atoms with Gasteiger partial charge in [-0.15, -0.1) is 0 Å². The van der Waals surface area contributed by atoms with Crippen LogP contribution < -0.4 is 0 Å². The van der Waals surface area contributed by atoms with E-state index in [0.717, 1.165) is 31.3 Å². The van der Waals surface area contributed by atoms with Gasteiger partial charge in [0.25, 0.3) is 0 Å². The second kappa shape index (κ2) is 4.11. The molecule has 0 spiro atoms. The van der Waals surface area contributed by atoms with Crippen LogP contribution in [-0.2, 0) is 9.53 Å². The highest BCUT2D eigenvalue weighted by Crippen LogP contribution is 2.51. The molecule has 0 N–H and O–H groups in total. The Kier molecular flexibility index (Phi) is 2.69. The second-order valence-electron chi connectivity index (χ2n) is 5.75. The van der Waals surface area contributed by atoms with Crippen molar-refractivity contribution in [2.45, 2.75) is 38.7 Å². The third-order valence-corrected chi connectivity index (χ3v) is 4.92. The maximum atomic E-state index is 11.9. The van der Waals surface area contributed by atoms with Gasteiger partial charge in [0.15, 0.2) is 0 Å². The molecule has 2 aliphatic carbocycles. The molecule has 4 atom stereocenters. The van der Waals surface area contributed by atoms with Crippen molar-refractivity contribution in [1.29, 1.82) is 0 Å². The summed E-state index contributed by atoms with van der Waals surface area (Å²) in [5, 5.41) is 0. The van der Waals surface area contributed by atoms with Crippen molar-refractivity contribution in [2.75, 3.05) is 0 Å². The molecule has 1 aliphatic heterocycles. The van der Waals surface area contributed by atoms with E-state index >= 15 is 0 Å². The first-order chi connectivity index (χ1) is 8.63. The van der Waals surface area contributed by atoms with Crippen LogP contribution in [-0.4, -0.2) is 12.1 Å². The Bertz CT molecular complexity index is 458. The lowest BCUT2D eigenvalue weighted by Gasteiger charge is -2.26. The quantitative estimate of drug-likeness (QED) is 0.371. The van der Waals surface area contributed by atoms with Crippen molar-refractivity contribution in [3.05, 3.63) is 36.0 Å². The fourth-order valence-electron chi connectivity index (χ4n) is 3.99. The topological polar surface area (TPSA) is 26.3 Å². The zero-order valence-corrected chi connectivity index (χ0v) is 10.9. The molecule has 0 aromatic rings. The summed E-state index contributed by atoms with van der Waals surface area (Å²) in [5.74, 6) is 0.936. The van der Waals surface area contributed by atoms with E-state index in [2.05, 4.69) is 13.2 Å². The average molecular weight is 244 g/mol. The van der Waals surface area contributed by atoms with Crippen LogP contribution in [0.25, 0.3) is 0 Å². The first kappa shape index (κ1) is 11.8.